The summed E-state index contributed by atoms with van der Waals surface area (Å²) in [7, 11) is 1.65. The second-order valence-electron chi connectivity index (χ2n) is 4.52. The molecule has 20 heavy (non-hydrogen) atoms. The molecule has 5 nitrogen and oxygen atoms in total. The number of hydrogen-bond donors (Lipinski definition) is 2. The molecule has 2 rings (SSSR count). The number of ether oxygens (including phenoxy) is 2. The first kappa shape index (κ1) is 14.4. The smallest absolute Gasteiger partial charge is 0.132 e. The summed E-state index contributed by atoms with van der Waals surface area (Å²) >= 11 is 0. The van der Waals surface area contributed by atoms with Crippen LogP contribution >= 0.6 is 0 Å². The number of methoxy groups -OCH3 is 1. The highest BCUT2D eigenvalue weighted by Gasteiger charge is 2.10. The standard InChI is InChI=1S/C15H21N3O2/c1-4-16-9-14-11(2)17-18-15(14)10-20-13-7-5-12(19-3)6-8-13/h5-8,16H,4,9-10H2,1-3H3,(H,17,18). The molecule has 0 saturated heterocycles. The average molecular weight is 275 g/mol. The van der Waals surface area contributed by atoms with Crippen LogP contribution in [0.3, 0.4) is 0 Å². The third kappa shape index (κ3) is 3.51. The van der Waals surface area contributed by atoms with Gasteiger partial charge in [-0.05, 0) is 37.7 Å². The first-order valence-electron chi connectivity index (χ1n) is 6.75. The van der Waals surface area contributed by atoms with Crippen LogP contribution in [0.2, 0.25) is 0 Å². The minimum absolute atomic E-state index is 0.456. The number of rotatable bonds is 7. The molecular formula is C15H21N3O2. The fraction of sp³-hybridized carbons (Fsp3) is 0.400. The van der Waals surface area contributed by atoms with E-state index < -0.39 is 0 Å². The normalized spacial score (nSPS) is 10.6. The van der Waals surface area contributed by atoms with Gasteiger partial charge in [-0.3, -0.25) is 5.10 Å². The summed E-state index contributed by atoms with van der Waals surface area (Å²) in [6, 6.07) is 7.54. The van der Waals surface area contributed by atoms with Crippen molar-refractivity contribution in [2.24, 2.45) is 0 Å². The van der Waals surface area contributed by atoms with Crippen LogP contribution < -0.4 is 14.8 Å². The van der Waals surface area contributed by atoms with Crippen molar-refractivity contribution in [3.63, 3.8) is 0 Å². The van der Waals surface area contributed by atoms with Gasteiger partial charge in [-0.1, -0.05) is 6.92 Å². The van der Waals surface area contributed by atoms with E-state index in [2.05, 4.69) is 22.4 Å². The molecule has 0 amide bonds. The van der Waals surface area contributed by atoms with Crippen molar-refractivity contribution in [1.29, 1.82) is 0 Å². The van der Waals surface area contributed by atoms with Crippen molar-refractivity contribution >= 4 is 0 Å². The SMILES string of the molecule is CCNCc1c(COc2ccc(OC)cc2)n[nH]c1C. The van der Waals surface area contributed by atoms with Crippen LogP contribution in [0.1, 0.15) is 23.9 Å². The van der Waals surface area contributed by atoms with Gasteiger partial charge in [-0.15, -0.1) is 0 Å². The molecule has 1 heterocycles. The van der Waals surface area contributed by atoms with E-state index in [0.29, 0.717) is 6.61 Å². The third-order valence-electron chi connectivity index (χ3n) is 3.15. The Hall–Kier alpha value is -2.01. The van der Waals surface area contributed by atoms with Crippen LogP contribution in [0.15, 0.2) is 24.3 Å². The molecular weight excluding hydrogens is 254 g/mol. The average Bonchev–Trinajstić information content (AvgIpc) is 2.84. The van der Waals surface area contributed by atoms with Crippen LogP contribution in [0, 0.1) is 6.92 Å². The lowest BCUT2D eigenvalue weighted by atomic mass is 10.2. The van der Waals surface area contributed by atoms with Crippen LogP contribution in [-0.4, -0.2) is 23.9 Å². The molecule has 2 N–H and O–H groups in total. The number of hydrogen-bond acceptors (Lipinski definition) is 4. The Bertz CT molecular complexity index is 535. The summed E-state index contributed by atoms with van der Waals surface area (Å²) in [5.41, 5.74) is 3.21. The Morgan fingerprint density at radius 1 is 1.20 bits per heavy atom. The number of aromatic amines is 1. The molecule has 0 fully saturated rings. The maximum Gasteiger partial charge on any atom is 0.132 e. The summed E-state index contributed by atoms with van der Waals surface area (Å²) in [6.07, 6.45) is 0. The van der Waals surface area contributed by atoms with Crippen molar-refractivity contribution in [2.75, 3.05) is 13.7 Å². The molecule has 0 bridgehead atoms. The molecule has 2 aromatic rings. The zero-order valence-corrected chi connectivity index (χ0v) is 12.2. The number of aryl methyl sites for hydroxylation is 1. The van der Waals surface area contributed by atoms with Gasteiger partial charge < -0.3 is 14.8 Å². The van der Waals surface area contributed by atoms with Gasteiger partial charge in [0.25, 0.3) is 0 Å². The summed E-state index contributed by atoms with van der Waals surface area (Å²) in [5.74, 6) is 1.63. The molecule has 5 heteroatoms. The van der Waals surface area contributed by atoms with Crippen LogP contribution in [0.4, 0.5) is 0 Å². The highest BCUT2D eigenvalue weighted by molar-refractivity contribution is 5.31. The van der Waals surface area contributed by atoms with Crippen molar-refractivity contribution in [1.82, 2.24) is 15.5 Å². The fourth-order valence-corrected chi connectivity index (χ4v) is 1.93. The lowest BCUT2D eigenvalue weighted by Gasteiger charge is -2.08. The lowest BCUT2D eigenvalue weighted by Crippen LogP contribution is -2.14. The number of benzene rings is 1. The van der Waals surface area contributed by atoms with Crippen molar-refractivity contribution in [3.8, 4) is 11.5 Å². The first-order chi connectivity index (χ1) is 9.74. The van der Waals surface area contributed by atoms with E-state index in [0.717, 1.165) is 36.0 Å². The number of nitrogens with zero attached hydrogens (tertiary/aromatic N) is 1. The zero-order valence-electron chi connectivity index (χ0n) is 12.2. The molecule has 0 aliphatic heterocycles. The maximum absolute atomic E-state index is 5.76. The summed E-state index contributed by atoms with van der Waals surface area (Å²) < 4.78 is 10.9. The van der Waals surface area contributed by atoms with Gasteiger partial charge in [0.15, 0.2) is 0 Å². The molecule has 0 saturated carbocycles. The maximum atomic E-state index is 5.76. The van der Waals surface area contributed by atoms with E-state index in [4.69, 9.17) is 9.47 Å². The molecule has 0 atom stereocenters. The molecule has 1 aromatic carbocycles. The number of nitrogens with one attached hydrogen (secondary N) is 2. The second-order valence-corrected chi connectivity index (χ2v) is 4.52. The zero-order chi connectivity index (χ0) is 14.4. The molecule has 0 unspecified atom stereocenters. The highest BCUT2D eigenvalue weighted by Crippen LogP contribution is 2.19. The van der Waals surface area contributed by atoms with Crippen molar-refractivity contribution < 1.29 is 9.47 Å². The van der Waals surface area contributed by atoms with Gasteiger partial charge in [0.05, 0.1) is 7.11 Å². The van der Waals surface area contributed by atoms with Gasteiger partial charge in [0, 0.05) is 17.8 Å². The molecule has 0 aliphatic rings. The summed E-state index contributed by atoms with van der Waals surface area (Å²) in [4.78, 5) is 0. The topological polar surface area (TPSA) is 59.2 Å². The molecule has 0 aliphatic carbocycles. The van der Waals surface area contributed by atoms with Gasteiger partial charge in [0.1, 0.15) is 23.8 Å². The van der Waals surface area contributed by atoms with Crippen LogP contribution in [-0.2, 0) is 13.2 Å². The quantitative estimate of drug-likeness (QED) is 0.814. The van der Waals surface area contributed by atoms with E-state index in [1.54, 1.807) is 7.11 Å². The van der Waals surface area contributed by atoms with Crippen molar-refractivity contribution in [3.05, 3.63) is 41.2 Å². The second kappa shape index (κ2) is 6.96. The Kier molecular flexibility index (Phi) is 5.01. The van der Waals surface area contributed by atoms with Crippen molar-refractivity contribution in [2.45, 2.75) is 27.0 Å². The van der Waals surface area contributed by atoms with E-state index >= 15 is 0 Å². The lowest BCUT2D eigenvalue weighted by molar-refractivity contribution is 0.299. The fourth-order valence-electron chi connectivity index (χ4n) is 1.93. The van der Waals surface area contributed by atoms with E-state index in [1.165, 1.54) is 5.56 Å². The monoisotopic (exact) mass is 275 g/mol. The highest BCUT2D eigenvalue weighted by atomic mass is 16.5. The Balaban J connectivity index is 1.99. The van der Waals surface area contributed by atoms with Gasteiger partial charge in [-0.2, -0.15) is 5.10 Å². The van der Waals surface area contributed by atoms with E-state index in [9.17, 15) is 0 Å². The Morgan fingerprint density at radius 2 is 1.90 bits per heavy atom. The van der Waals surface area contributed by atoms with E-state index in [1.807, 2.05) is 31.2 Å². The molecule has 1 aromatic heterocycles. The predicted octanol–water partition coefficient (Wildman–Crippen LogP) is 2.42. The third-order valence-corrected chi connectivity index (χ3v) is 3.15. The Morgan fingerprint density at radius 3 is 2.55 bits per heavy atom. The van der Waals surface area contributed by atoms with Crippen LogP contribution in [0.25, 0.3) is 0 Å². The van der Waals surface area contributed by atoms with Crippen LogP contribution in [0.5, 0.6) is 11.5 Å². The molecule has 108 valence electrons. The minimum atomic E-state index is 0.456. The summed E-state index contributed by atoms with van der Waals surface area (Å²) in [6.45, 7) is 6.31. The number of aromatic nitrogens is 2. The van der Waals surface area contributed by atoms with Gasteiger partial charge in [0.2, 0.25) is 0 Å². The Labute approximate surface area is 119 Å². The predicted molar refractivity (Wildman–Crippen MR) is 78.0 cm³/mol. The summed E-state index contributed by atoms with van der Waals surface area (Å²) in [5, 5.41) is 10.6. The molecule has 0 spiro atoms. The number of H-pyrrole nitrogens is 1. The molecule has 0 radical (unpaired) electrons. The van der Waals surface area contributed by atoms with E-state index in [-0.39, 0.29) is 0 Å². The minimum Gasteiger partial charge on any atom is -0.497 e. The van der Waals surface area contributed by atoms with Gasteiger partial charge >= 0.3 is 0 Å². The largest absolute Gasteiger partial charge is 0.497 e. The first-order valence-corrected chi connectivity index (χ1v) is 6.75. The van der Waals surface area contributed by atoms with Gasteiger partial charge in [-0.25, -0.2) is 0 Å².